The van der Waals surface area contributed by atoms with Crippen LogP contribution in [0.2, 0.25) is 0 Å². The van der Waals surface area contributed by atoms with Gasteiger partial charge in [-0.05, 0) is 84.4 Å². The molecular formula is C32H52N6O4. The zero-order chi connectivity index (χ0) is 31.2. The number of hydrogen-bond acceptors (Lipinski definition) is 9. The number of anilines is 6. The molecule has 234 valence electrons. The van der Waals surface area contributed by atoms with E-state index in [1.165, 1.54) is 5.69 Å². The molecule has 2 aliphatic rings. The highest BCUT2D eigenvalue weighted by atomic mass is 16.5. The molecule has 2 heterocycles. The van der Waals surface area contributed by atoms with Gasteiger partial charge in [-0.2, -0.15) is 0 Å². The Labute approximate surface area is 252 Å². The molecule has 3 atom stereocenters. The maximum absolute atomic E-state index is 12.7. The molecule has 0 bridgehead atoms. The second-order valence-corrected chi connectivity index (χ2v) is 12.2. The summed E-state index contributed by atoms with van der Waals surface area (Å²) in [4.78, 5) is 16.9. The number of hydrogen-bond donors (Lipinski definition) is 4. The van der Waals surface area contributed by atoms with Crippen molar-refractivity contribution >= 4 is 40.0 Å². The van der Waals surface area contributed by atoms with E-state index in [0.29, 0.717) is 24.9 Å². The molecule has 1 fully saturated rings. The van der Waals surface area contributed by atoms with Crippen LogP contribution in [0.3, 0.4) is 0 Å². The van der Waals surface area contributed by atoms with Crippen molar-refractivity contribution in [2.45, 2.75) is 78.0 Å². The molecule has 10 heteroatoms. The zero-order valence-electron chi connectivity index (χ0n) is 26.9. The normalized spacial score (nSPS) is 19.2. The number of nitrogens with two attached hydrogens (primary N) is 2. The highest BCUT2D eigenvalue weighted by Gasteiger charge is 2.45. The van der Waals surface area contributed by atoms with Crippen molar-refractivity contribution in [3.8, 4) is 0 Å². The van der Waals surface area contributed by atoms with Gasteiger partial charge < -0.3 is 46.1 Å². The van der Waals surface area contributed by atoms with E-state index in [1.807, 2.05) is 57.7 Å². The highest BCUT2D eigenvalue weighted by Crippen LogP contribution is 2.45. The predicted molar refractivity (Wildman–Crippen MR) is 175 cm³/mol. The second kappa shape index (κ2) is 14.3. The summed E-state index contributed by atoms with van der Waals surface area (Å²) < 4.78 is 15.8. The van der Waals surface area contributed by atoms with Crippen LogP contribution in [-0.2, 0) is 24.4 Å². The average Bonchev–Trinajstić information content (AvgIpc) is 3.11. The number of methoxy groups -OCH3 is 2. The number of nitrogens with zero attached hydrogens (tertiary/aromatic N) is 2. The lowest BCUT2D eigenvalue weighted by molar-refractivity contribution is -0.122. The van der Waals surface area contributed by atoms with Gasteiger partial charge in [0.2, 0.25) is 5.91 Å². The van der Waals surface area contributed by atoms with E-state index in [9.17, 15) is 4.79 Å². The van der Waals surface area contributed by atoms with Crippen LogP contribution >= 0.6 is 0 Å². The Kier molecular flexibility index (Phi) is 11.3. The fraction of sp³-hybridized carbons (Fsp3) is 0.594. The molecule has 0 aliphatic carbocycles. The first-order valence-corrected chi connectivity index (χ1v) is 14.8. The van der Waals surface area contributed by atoms with Crippen molar-refractivity contribution in [3.05, 3.63) is 35.9 Å². The fourth-order valence-electron chi connectivity index (χ4n) is 5.54. The van der Waals surface area contributed by atoms with Crippen molar-refractivity contribution < 1.29 is 19.0 Å². The molecule has 2 aliphatic heterocycles. The third-order valence-corrected chi connectivity index (χ3v) is 7.74. The minimum atomic E-state index is -0.537. The number of morpholine rings is 1. The summed E-state index contributed by atoms with van der Waals surface area (Å²) in [5.74, 6) is 0.124. The van der Waals surface area contributed by atoms with Gasteiger partial charge in [-0.1, -0.05) is 0 Å². The smallest absolute Gasteiger partial charge is 0.237 e. The molecule has 0 spiro atoms. The minimum absolute atomic E-state index is 0.112. The Morgan fingerprint density at radius 2 is 1.57 bits per heavy atom. The summed E-state index contributed by atoms with van der Waals surface area (Å²) in [5.41, 5.74) is 18.1. The quantitative estimate of drug-likeness (QED) is 0.294. The van der Waals surface area contributed by atoms with Crippen LogP contribution in [0, 0.1) is 0 Å². The number of amides is 1. The summed E-state index contributed by atoms with van der Waals surface area (Å²) in [6, 6.07) is 10.9. The van der Waals surface area contributed by atoms with Crippen molar-refractivity contribution in [3.63, 3.8) is 0 Å². The number of nitrogen functional groups attached to an aromatic ring is 2. The van der Waals surface area contributed by atoms with E-state index in [4.69, 9.17) is 25.7 Å². The summed E-state index contributed by atoms with van der Waals surface area (Å²) in [5, 5.41) is 6.75. The number of ether oxygens (including phenoxy) is 3. The fourth-order valence-corrected chi connectivity index (χ4v) is 5.54. The number of benzene rings is 2. The van der Waals surface area contributed by atoms with Gasteiger partial charge in [0.1, 0.15) is 0 Å². The average molecular weight is 585 g/mol. The number of nitrogens with one attached hydrogen (secondary N) is 2. The molecule has 10 nitrogen and oxygen atoms in total. The predicted octanol–water partition coefficient (Wildman–Crippen LogP) is 4.69. The van der Waals surface area contributed by atoms with Gasteiger partial charge >= 0.3 is 0 Å². The van der Waals surface area contributed by atoms with E-state index in [0.717, 1.165) is 48.1 Å². The number of carbonyl (C=O) groups excluding carboxylic acids is 1. The van der Waals surface area contributed by atoms with E-state index in [1.54, 1.807) is 14.2 Å². The molecule has 1 amide bonds. The number of fused-ring (bicyclic) bond motifs is 1. The molecule has 2 aromatic rings. The minimum Gasteiger partial charge on any atom is -0.397 e. The first-order valence-electron chi connectivity index (χ1n) is 14.8. The van der Waals surface area contributed by atoms with Crippen LogP contribution in [0.15, 0.2) is 30.3 Å². The Morgan fingerprint density at radius 1 is 0.976 bits per heavy atom. The van der Waals surface area contributed by atoms with E-state index in [-0.39, 0.29) is 24.0 Å². The van der Waals surface area contributed by atoms with E-state index < -0.39 is 5.41 Å². The highest BCUT2D eigenvalue weighted by molar-refractivity contribution is 6.09. The number of carbonyl (C=O) groups is 1. The number of rotatable bonds is 10. The molecule has 0 radical (unpaired) electrons. The summed E-state index contributed by atoms with van der Waals surface area (Å²) >= 11 is 0. The van der Waals surface area contributed by atoms with Gasteiger partial charge in [0.25, 0.3) is 0 Å². The van der Waals surface area contributed by atoms with Crippen LogP contribution in [0.4, 0.5) is 34.1 Å². The van der Waals surface area contributed by atoms with Crippen LogP contribution in [0.25, 0.3) is 0 Å². The molecule has 42 heavy (non-hydrogen) atoms. The Balaban J connectivity index is 0.000000231. The lowest BCUT2D eigenvalue weighted by atomic mass is 9.86. The van der Waals surface area contributed by atoms with Crippen LogP contribution in [-0.4, -0.2) is 77.3 Å². The largest absolute Gasteiger partial charge is 0.397 e. The molecule has 0 saturated carbocycles. The Morgan fingerprint density at radius 3 is 2.12 bits per heavy atom. The van der Waals surface area contributed by atoms with Crippen LogP contribution in [0.5, 0.6) is 0 Å². The van der Waals surface area contributed by atoms with Crippen LogP contribution in [0.1, 0.15) is 54.0 Å². The van der Waals surface area contributed by atoms with Crippen molar-refractivity contribution in [2.75, 3.05) is 79.1 Å². The van der Waals surface area contributed by atoms with Gasteiger partial charge in [0, 0.05) is 50.6 Å². The Bertz CT molecular complexity index is 1200. The van der Waals surface area contributed by atoms with Gasteiger partial charge in [-0.3, -0.25) is 4.79 Å². The van der Waals surface area contributed by atoms with E-state index >= 15 is 0 Å². The lowest BCUT2D eigenvalue weighted by Gasteiger charge is -2.35. The zero-order valence-corrected chi connectivity index (χ0v) is 26.9. The molecule has 6 N–H and O–H groups in total. The van der Waals surface area contributed by atoms with Crippen molar-refractivity contribution in [2.24, 2.45) is 0 Å². The third kappa shape index (κ3) is 7.59. The summed E-state index contributed by atoms with van der Waals surface area (Å²) in [7, 11) is 3.37. The van der Waals surface area contributed by atoms with Crippen molar-refractivity contribution in [1.29, 1.82) is 0 Å². The maximum Gasteiger partial charge on any atom is 0.237 e. The van der Waals surface area contributed by atoms with Gasteiger partial charge in [-0.15, -0.1) is 0 Å². The molecule has 0 aromatic heterocycles. The van der Waals surface area contributed by atoms with E-state index in [2.05, 4.69) is 41.5 Å². The molecule has 2 aromatic carbocycles. The standard InChI is InChI=1S/C17H27N3O2.C15H25N3O2/c1-10(2)20-15-8-14(19-11(3)9-22-6)13(18)7-12(15)17(4,5)16(20)21;1-11(9-19-3)17-15-8-13(4-5-14(15)16)18-6-7-20-10-12(18)2/h7-8,10-11,19H,9,18H2,1-6H3;4-5,8,11-12,17H,6-7,9-10,16H2,1-3H3/t;11?,12-/m.0/s1. The molecule has 2 unspecified atom stereocenters. The van der Waals surface area contributed by atoms with Gasteiger partial charge in [0.15, 0.2) is 0 Å². The Hall–Kier alpha value is -3.21. The lowest BCUT2D eigenvalue weighted by Crippen LogP contribution is -2.43. The topological polar surface area (TPSA) is 127 Å². The van der Waals surface area contributed by atoms with Gasteiger partial charge in [0.05, 0.1) is 60.3 Å². The monoisotopic (exact) mass is 584 g/mol. The summed E-state index contributed by atoms with van der Waals surface area (Å²) in [6.07, 6.45) is 0. The molecular weight excluding hydrogens is 532 g/mol. The second-order valence-electron chi connectivity index (χ2n) is 12.2. The van der Waals surface area contributed by atoms with Crippen molar-refractivity contribution in [1.82, 2.24) is 0 Å². The summed E-state index contributed by atoms with van der Waals surface area (Å²) in [6.45, 7) is 18.0. The molecule has 1 saturated heterocycles. The van der Waals surface area contributed by atoms with Crippen LogP contribution < -0.4 is 31.9 Å². The van der Waals surface area contributed by atoms with Gasteiger partial charge in [-0.25, -0.2) is 0 Å². The first kappa shape index (κ1) is 33.3. The SMILES string of the molecule is COCC(C)Nc1cc(N2CCOC[C@@H]2C)ccc1N.COCC(C)Nc1cc2c(cc1N)C(C)(C)C(=O)N2C(C)C. The maximum atomic E-state index is 12.7. The third-order valence-electron chi connectivity index (χ3n) is 7.74. The molecule has 4 rings (SSSR count). The first-order chi connectivity index (χ1) is 19.8.